The van der Waals surface area contributed by atoms with E-state index in [-0.39, 0.29) is 11.9 Å². The molecule has 0 bridgehead atoms. The molecular weight excluding hydrogens is 318 g/mol. The van der Waals surface area contributed by atoms with Crippen LogP contribution in [0.2, 0.25) is 0 Å². The van der Waals surface area contributed by atoms with Gasteiger partial charge in [-0.2, -0.15) is 17.0 Å². The zero-order chi connectivity index (χ0) is 16.7. The maximum atomic E-state index is 12.9. The summed E-state index contributed by atoms with van der Waals surface area (Å²) in [6.07, 6.45) is 2.39. The van der Waals surface area contributed by atoms with Crippen LogP contribution in [0.4, 0.5) is 0 Å². The van der Waals surface area contributed by atoms with Gasteiger partial charge in [0, 0.05) is 38.8 Å². The van der Waals surface area contributed by atoms with E-state index in [2.05, 4.69) is 0 Å². The van der Waals surface area contributed by atoms with Gasteiger partial charge >= 0.3 is 0 Å². The van der Waals surface area contributed by atoms with Crippen molar-refractivity contribution in [2.45, 2.75) is 39.2 Å². The molecule has 3 aliphatic rings. The van der Waals surface area contributed by atoms with E-state index in [0.717, 1.165) is 19.4 Å². The van der Waals surface area contributed by atoms with E-state index in [4.69, 9.17) is 4.74 Å². The Kier molecular flexibility index (Phi) is 4.70. The summed E-state index contributed by atoms with van der Waals surface area (Å²) in [6, 6.07) is 0.171. The molecule has 8 heteroatoms. The minimum Gasteiger partial charge on any atom is -0.379 e. The van der Waals surface area contributed by atoms with Crippen LogP contribution >= 0.6 is 0 Å². The number of hydrogen-bond acceptors (Lipinski definition) is 4. The number of piperidine rings is 1. The van der Waals surface area contributed by atoms with E-state index in [1.54, 1.807) is 0 Å². The molecule has 0 saturated carbocycles. The standard InChI is InChI=1S/C15H27N3O4S/c1-13(2)18-6-3-4-15(14(18)19)5-7-17(12-15)23(20,21)16-8-10-22-11-9-16/h13H,3-12H2,1-2H3/t15-/m1/s1. The van der Waals surface area contributed by atoms with Gasteiger partial charge in [-0.1, -0.05) is 0 Å². The topological polar surface area (TPSA) is 70.2 Å². The number of nitrogens with zero attached hydrogens (tertiary/aromatic N) is 3. The van der Waals surface area contributed by atoms with Gasteiger partial charge in [-0.25, -0.2) is 0 Å². The molecule has 0 N–H and O–H groups in total. The predicted molar refractivity (Wildman–Crippen MR) is 86.0 cm³/mol. The third-order valence-electron chi connectivity index (χ3n) is 5.33. The SMILES string of the molecule is CC(C)N1CCC[C@]2(CCN(S(=O)(=O)N3CCOCC3)C2)C1=O. The first kappa shape index (κ1) is 17.1. The lowest BCUT2D eigenvalue weighted by Gasteiger charge is -2.41. The Balaban J connectivity index is 1.75. The van der Waals surface area contributed by atoms with Crippen LogP contribution in [0.1, 0.15) is 33.1 Å². The minimum absolute atomic E-state index is 0.137. The van der Waals surface area contributed by atoms with Crippen molar-refractivity contribution in [3.05, 3.63) is 0 Å². The molecule has 0 radical (unpaired) electrons. The zero-order valence-electron chi connectivity index (χ0n) is 14.0. The summed E-state index contributed by atoms with van der Waals surface area (Å²) in [7, 11) is -3.48. The number of carbonyl (C=O) groups excluding carboxylic acids is 1. The Labute approximate surface area is 138 Å². The van der Waals surface area contributed by atoms with Gasteiger partial charge in [-0.3, -0.25) is 4.79 Å². The lowest BCUT2D eigenvalue weighted by atomic mass is 9.78. The number of ether oxygens (including phenoxy) is 1. The molecule has 1 atom stereocenters. The highest BCUT2D eigenvalue weighted by Crippen LogP contribution is 2.41. The molecule has 0 aliphatic carbocycles. The van der Waals surface area contributed by atoms with Crippen molar-refractivity contribution in [3.63, 3.8) is 0 Å². The molecule has 7 nitrogen and oxygen atoms in total. The van der Waals surface area contributed by atoms with E-state index in [1.165, 1.54) is 8.61 Å². The Morgan fingerprint density at radius 2 is 1.74 bits per heavy atom. The van der Waals surface area contributed by atoms with E-state index < -0.39 is 15.6 Å². The van der Waals surface area contributed by atoms with Gasteiger partial charge in [-0.05, 0) is 33.1 Å². The summed E-state index contributed by atoms with van der Waals surface area (Å²) in [6.45, 7) is 7.29. The smallest absolute Gasteiger partial charge is 0.282 e. The number of amides is 1. The second-order valence-electron chi connectivity index (χ2n) is 7.08. The van der Waals surface area contributed by atoms with E-state index >= 15 is 0 Å². The molecule has 3 fully saturated rings. The van der Waals surface area contributed by atoms with Gasteiger partial charge in [0.15, 0.2) is 0 Å². The summed E-state index contributed by atoms with van der Waals surface area (Å²) < 4.78 is 33.9. The third-order valence-corrected chi connectivity index (χ3v) is 7.32. The van der Waals surface area contributed by atoms with Gasteiger partial charge in [0.25, 0.3) is 10.2 Å². The highest BCUT2D eigenvalue weighted by molar-refractivity contribution is 7.86. The van der Waals surface area contributed by atoms with Crippen LogP contribution in [-0.4, -0.2) is 79.8 Å². The van der Waals surface area contributed by atoms with Crippen molar-refractivity contribution >= 4 is 16.1 Å². The normalized spacial score (nSPS) is 31.4. The third kappa shape index (κ3) is 3.01. The first-order valence-electron chi connectivity index (χ1n) is 8.51. The molecule has 1 amide bonds. The Hall–Kier alpha value is -0.700. The Morgan fingerprint density at radius 3 is 2.39 bits per heavy atom. The largest absolute Gasteiger partial charge is 0.379 e. The van der Waals surface area contributed by atoms with Crippen molar-refractivity contribution in [1.29, 1.82) is 0 Å². The van der Waals surface area contributed by atoms with Gasteiger partial charge in [-0.15, -0.1) is 0 Å². The quantitative estimate of drug-likeness (QED) is 0.737. The number of morpholine rings is 1. The fraction of sp³-hybridized carbons (Fsp3) is 0.933. The van der Waals surface area contributed by atoms with Crippen molar-refractivity contribution < 1.29 is 17.9 Å². The molecular formula is C15H27N3O4S. The first-order valence-corrected chi connectivity index (χ1v) is 9.91. The first-order chi connectivity index (χ1) is 10.9. The summed E-state index contributed by atoms with van der Waals surface area (Å²) >= 11 is 0. The van der Waals surface area contributed by atoms with Gasteiger partial charge in [0.05, 0.1) is 18.6 Å². The lowest BCUT2D eigenvalue weighted by molar-refractivity contribution is -0.147. The molecule has 23 heavy (non-hydrogen) atoms. The maximum Gasteiger partial charge on any atom is 0.282 e. The van der Waals surface area contributed by atoms with Crippen molar-refractivity contribution in [3.8, 4) is 0 Å². The number of hydrogen-bond donors (Lipinski definition) is 0. The molecule has 0 aromatic heterocycles. The van der Waals surface area contributed by atoms with Gasteiger partial charge in [0.1, 0.15) is 0 Å². The monoisotopic (exact) mass is 345 g/mol. The second-order valence-corrected chi connectivity index (χ2v) is 9.01. The van der Waals surface area contributed by atoms with Crippen LogP contribution in [0.5, 0.6) is 0 Å². The van der Waals surface area contributed by atoms with Crippen molar-refractivity contribution in [2.24, 2.45) is 5.41 Å². The van der Waals surface area contributed by atoms with E-state index in [9.17, 15) is 13.2 Å². The zero-order valence-corrected chi connectivity index (χ0v) is 14.8. The van der Waals surface area contributed by atoms with Crippen LogP contribution in [0.15, 0.2) is 0 Å². The van der Waals surface area contributed by atoms with Crippen LogP contribution in [-0.2, 0) is 19.7 Å². The average Bonchev–Trinajstić information content (AvgIpc) is 2.97. The van der Waals surface area contributed by atoms with Crippen LogP contribution in [0, 0.1) is 5.41 Å². The Bertz CT molecular complexity index is 559. The highest BCUT2D eigenvalue weighted by Gasteiger charge is 2.52. The number of carbonyl (C=O) groups is 1. The molecule has 0 aromatic rings. The fourth-order valence-corrected chi connectivity index (χ4v) is 5.61. The fourth-order valence-electron chi connectivity index (χ4n) is 3.94. The van der Waals surface area contributed by atoms with Crippen molar-refractivity contribution in [2.75, 3.05) is 45.9 Å². The van der Waals surface area contributed by atoms with Gasteiger partial charge < -0.3 is 9.64 Å². The predicted octanol–water partition coefficient (Wildman–Crippen LogP) is 0.286. The minimum atomic E-state index is -3.48. The van der Waals surface area contributed by atoms with Crippen LogP contribution in [0.3, 0.4) is 0 Å². The summed E-state index contributed by atoms with van der Waals surface area (Å²) in [5, 5.41) is 0. The molecule has 3 saturated heterocycles. The summed E-state index contributed by atoms with van der Waals surface area (Å²) in [5.74, 6) is 0.137. The number of likely N-dealkylation sites (tertiary alicyclic amines) is 1. The molecule has 3 aliphatic heterocycles. The molecule has 1 spiro atoms. The van der Waals surface area contributed by atoms with E-state index in [0.29, 0.717) is 45.8 Å². The molecule has 0 unspecified atom stereocenters. The molecule has 132 valence electrons. The van der Waals surface area contributed by atoms with Gasteiger partial charge in [0.2, 0.25) is 5.91 Å². The summed E-state index contributed by atoms with van der Waals surface area (Å²) in [5.41, 5.74) is -0.512. The van der Waals surface area contributed by atoms with Crippen LogP contribution in [0.25, 0.3) is 0 Å². The average molecular weight is 345 g/mol. The number of rotatable bonds is 3. The lowest BCUT2D eigenvalue weighted by Crippen LogP contribution is -2.53. The second kappa shape index (κ2) is 6.31. The summed E-state index contributed by atoms with van der Waals surface area (Å²) in [4.78, 5) is 14.8. The Morgan fingerprint density at radius 1 is 1.04 bits per heavy atom. The highest BCUT2D eigenvalue weighted by atomic mass is 32.2. The van der Waals surface area contributed by atoms with Crippen molar-refractivity contribution in [1.82, 2.24) is 13.5 Å². The maximum absolute atomic E-state index is 12.9. The van der Waals surface area contributed by atoms with Crippen LogP contribution < -0.4 is 0 Å². The molecule has 3 heterocycles. The molecule has 3 rings (SSSR count). The molecule has 0 aromatic carbocycles. The van der Waals surface area contributed by atoms with E-state index in [1.807, 2.05) is 18.7 Å².